The third kappa shape index (κ3) is 8.08. The van der Waals surface area contributed by atoms with Crippen molar-refractivity contribution in [1.82, 2.24) is 20.5 Å². The monoisotopic (exact) mass is 556 g/mol. The first kappa shape index (κ1) is 29.1. The van der Waals surface area contributed by atoms with Crippen LogP contribution in [0.15, 0.2) is 90.3 Å². The van der Waals surface area contributed by atoms with Gasteiger partial charge in [-0.05, 0) is 49.6 Å². The summed E-state index contributed by atoms with van der Waals surface area (Å²) < 4.78 is 0. The molecule has 0 saturated heterocycles. The predicted octanol–water partition coefficient (Wildman–Crippen LogP) is 4.78. The van der Waals surface area contributed by atoms with Crippen LogP contribution >= 0.6 is 11.3 Å². The highest BCUT2D eigenvalue weighted by Crippen LogP contribution is 2.16. The number of rotatable bonds is 12. The van der Waals surface area contributed by atoms with Gasteiger partial charge in [-0.3, -0.25) is 9.59 Å². The van der Waals surface area contributed by atoms with E-state index in [1.54, 1.807) is 36.2 Å². The molecule has 0 aliphatic heterocycles. The number of aryl methyl sites for hydroxylation is 1. The van der Waals surface area contributed by atoms with Crippen molar-refractivity contribution in [2.75, 3.05) is 13.6 Å². The first-order valence-corrected chi connectivity index (χ1v) is 14.3. The third-order valence-corrected chi connectivity index (χ3v) is 7.72. The number of hydrogen-bond acceptors (Lipinski definition) is 6. The number of benzene rings is 3. The fourth-order valence-electron chi connectivity index (χ4n) is 4.47. The number of hydrogen-bond donors (Lipinski definition) is 3. The van der Waals surface area contributed by atoms with Crippen molar-refractivity contribution < 1.29 is 14.7 Å². The SMILES string of the molecule is Cc1csc(CN(C)C(=O)c2cccc(C(=O)NC(Cc3ccccc3)C(O)CNC(C)c3ccccc3)c2)n1. The van der Waals surface area contributed by atoms with E-state index in [9.17, 15) is 14.7 Å². The van der Waals surface area contributed by atoms with Crippen molar-refractivity contribution in [2.24, 2.45) is 0 Å². The Morgan fingerprint density at radius 1 is 0.975 bits per heavy atom. The predicted molar refractivity (Wildman–Crippen MR) is 159 cm³/mol. The van der Waals surface area contributed by atoms with Gasteiger partial charge in [0.25, 0.3) is 11.8 Å². The molecule has 4 rings (SSSR count). The van der Waals surface area contributed by atoms with Crippen LogP contribution in [0.1, 0.15) is 55.5 Å². The van der Waals surface area contributed by atoms with Crippen LogP contribution in [0.3, 0.4) is 0 Å². The van der Waals surface area contributed by atoms with Gasteiger partial charge in [-0.2, -0.15) is 0 Å². The molecule has 4 aromatic rings. The zero-order valence-electron chi connectivity index (χ0n) is 23.1. The Bertz CT molecular complexity index is 1390. The average Bonchev–Trinajstić information content (AvgIpc) is 3.39. The molecule has 0 fully saturated rings. The number of thiazole rings is 1. The number of nitrogens with zero attached hydrogens (tertiary/aromatic N) is 2. The van der Waals surface area contributed by atoms with Gasteiger partial charge in [0.2, 0.25) is 0 Å². The van der Waals surface area contributed by atoms with Gasteiger partial charge in [-0.1, -0.05) is 66.7 Å². The molecule has 208 valence electrons. The van der Waals surface area contributed by atoms with Gasteiger partial charge in [-0.25, -0.2) is 4.98 Å². The minimum atomic E-state index is -0.840. The second-order valence-corrected chi connectivity index (χ2v) is 10.9. The zero-order chi connectivity index (χ0) is 28.5. The van der Waals surface area contributed by atoms with Crippen LogP contribution < -0.4 is 10.6 Å². The maximum atomic E-state index is 13.4. The molecule has 3 aromatic carbocycles. The van der Waals surface area contributed by atoms with Gasteiger partial charge in [-0.15, -0.1) is 11.3 Å². The lowest BCUT2D eigenvalue weighted by molar-refractivity contribution is 0.0784. The Morgan fingerprint density at radius 2 is 1.65 bits per heavy atom. The molecule has 1 aromatic heterocycles. The Morgan fingerprint density at radius 3 is 2.33 bits per heavy atom. The summed E-state index contributed by atoms with van der Waals surface area (Å²) in [4.78, 5) is 32.5. The molecule has 0 radical (unpaired) electrons. The summed E-state index contributed by atoms with van der Waals surface area (Å²) in [6.07, 6.45) is -0.378. The second kappa shape index (κ2) is 14.0. The van der Waals surface area contributed by atoms with E-state index in [0.29, 0.717) is 30.6 Å². The van der Waals surface area contributed by atoms with Gasteiger partial charge in [0, 0.05) is 41.8 Å². The molecule has 8 heteroatoms. The summed E-state index contributed by atoms with van der Waals surface area (Å²) in [7, 11) is 1.72. The average molecular weight is 557 g/mol. The molecule has 40 heavy (non-hydrogen) atoms. The lowest BCUT2D eigenvalue weighted by atomic mass is 9.99. The molecule has 3 N–H and O–H groups in total. The number of aliphatic hydroxyl groups excluding tert-OH is 1. The van der Waals surface area contributed by atoms with Gasteiger partial charge in [0.15, 0.2) is 0 Å². The maximum absolute atomic E-state index is 13.4. The molecule has 0 aliphatic rings. The second-order valence-electron chi connectivity index (χ2n) is 10.0. The van der Waals surface area contributed by atoms with Crippen molar-refractivity contribution in [3.05, 3.63) is 123 Å². The van der Waals surface area contributed by atoms with E-state index in [1.165, 1.54) is 11.3 Å². The summed E-state index contributed by atoms with van der Waals surface area (Å²) in [6.45, 7) is 4.66. The molecule has 0 bridgehead atoms. The largest absolute Gasteiger partial charge is 0.390 e. The number of carbonyl (C=O) groups excluding carboxylic acids is 2. The molecule has 0 aliphatic carbocycles. The van der Waals surface area contributed by atoms with E-state index in [4.69, 9.17) is 0 Å². The van der Waals surface area contributed by atoms with Gasteiger partial charge < -0.3 is 20.6 Å². The summed E-state index contributed by atoms with van der Waals surface area (Å²) in [5.41, 5.74) is 3.83. The topological polar surface area (TPSA) is 94.6 Å². The van der Waals surface area contributed by atoms with Crippen molar-refractivity contribution in [2.45, 2.75) is 45.0 Å². The van der Waals surface area contributed by atoms with Crippen molar-refractivity contribution >= 4 is 23.2 Å². The van der Waals surface area contributed by atoms with E-state index in [-0.39, 0.29) is 17.9 Å². The molecule has 2 amide bonds. The first-order valence-electron chi connectivity index (χ1n) is 13.4. The summed E-state index contributed by atoms with van der Waals surface area (Å²) in [5.74, 6) is -0.536. The molecule has 3 unspecified atom stereocenters. The Balaban J connectivity index is 1.44. The van der Waals surface area contributed by atoms with Crippen molar-refractivity contribution in [3.63, 3.8) is 0 Å². The van der Waals surface area contributed by atoms with E-state index in [1.807, 2.05) is 79.9 Å². The highest BCUT2D eigenvalue weighted by Gasteiger charge is 2.24. The lowest BCUT2D eigenvalue weighted by Crippen LogP contribution is -2.49. The van der Waals surface area contributed by atoms with E-state index in [0.717, 1.165) is 21.8 Å². The van der Waals surface area contributed by atoms with E-state index >= 15 is 0 Å². The minimum Gasteiger partial charge on any atom is -0.390 e. The first-order chi connectivity index (χ1) is 19.3. The maximum Gasteiger partial charge on any atom is 0.253 e. The lowest BCUT2D eigenvalue weighted by Gasteiger charge is -2.26. The van der Waals surface area contributed by atoms with Crippen LogP contribution in [-0.4, -0.2) is 52.5 Å². The normalized spacial score (nSPS) is 13.3. The van der Waals surface area contributed by atoms with E-state index in [2.05, 4.69) is 15.6 Å². The Kier molecular flexibility index (Phi) is 10.2. The highest BCUT2D eigenvalue weighted by atomic mass is 32.1. The summed E-state index contributed by atoms with van der Waals surface area (Å²) >= 11 is 1.51. The van der Waals surface area contributed by atoms with E-state index < -0.39 is 12.1 Å². The molecule has 0 spiro atoms. The molecule has 0 saturated carbocycles. The Labute approximate surface area is 239 Å². The van der Waals surface area contributed by atoms with Crippen molar-refractivity contribution in [1.29, 1.82) is 0 Å². The number of aliphatic hydroxyl groups is 1. The fraction of sp³-hybridized carbons (Fsp3) is 0.281. The highest BCUT2D eigenvalue weighted by molar-refractivity contribution is 7.09. The van der Waals surface area contributed by atoms with Crippen molar-refractivity contribution in [3.8, 4) is 0 Å². The van der Waals surface area contributed by atoms with Crippen LogP contribution in [0.2, 0.25) is 0 Å². The number of amides is 2. The molecular formula is C32H36N4O3S. The van der Waals surface area contributed by atoms with Gasteiger partial charge >= 0.3 is 0 Å². The minimum absolute atomic E-state index is 0.0388. The van der Waals surface area contributed by atoms with Crippen LogP contribution in [0.5, 0.6) is 0 Å². The molecule has 7 nitrogen and oxygen atoms in total. The Hall–Kier alpha value is -3.85. The number of nitrogens with one attached hydrogen (secondary N) is 2. The molecule has 3 atom stereocenters. The van der Waals surface area contributed by atoms with Crippen LogP contribution in [-0.2, 0) is 13.0 Å². The number of aromatic nitrogens is 1. The van der Waals surface area contributed by atoms with Gasteiger partial charge in [0.1, 0.15) is 5.01 Å². The summed E-state index contributed by atoms with van der Waals surface area (Å²) in [5, 5.41) is 20.4. The zero-order valence-corrected chi connectivity index (χ0v) is 23.9. The third-order valence-electron chi connectivity index (χ3n) is 6.77. The van der Waals surface area contributed by atoms with Crippen LogP contribution in [0, 0.1) is 6.92 Å². The van der Waals surface area contributed by atoms with Crippen LogP contribution in [0.4, 0.5) is 0 Å². The fourth-order valence-corrected chi connectivity index (χ4v) is 5.29. The van der Waals surface area contributed by atoms with Crippen LogP contribution in [0.25, 0.3) is 0 Å². The van der Waals surface area contributed by atoms with Gasteiger partial charge in [0.05, 0.1) is 18.7 Å². The molecular weight excluding hydrogens is 520 g/mol. The number of carbonyl (C=O) groups is 2. The standard InChI is InChI=1S/C32H36N4O3S/c1-22-21-40-30(34-22)20-36(3)32(39)27-16-10-15-26(18-27)31(38)35-28(17-24-11-6-4-7-12-24)29(37)19-33-23(2)25-13-8-5-9-14-25/h4-16,18,21,23,28-29,33,37H,17,19-20H2,1-3H3,(H,35,38). The quantitative estimate of drug-likeness (QED) is 0.234. The summed E-state index contributed by atoms with van der Waals surface area (Å²) in [6, 6.07) is 26.0. The molecule has 1 heterocycles. The smallest absolute Gasteiger partial charge is 0.253 e.